The molecule has 0 spiro atoms. The fourth-order valence-electron chi connectivity index (χ4n) is 5.64. The summed E-state index contributed by atoms with van der Waals surface area (Å²) in [6, 6.07) is 19.0. The van der Waals surface area contributed by atoms with Crippen LogP contribution in [0.15, 0.2) is 71.8 Å². The Labute approximate surface area is 275 Å². The van der Waals surface area contributed by atoms with Crippen LogP contribution in [0.5, 0.6) is 5.88 Å². The Morgan fingerprint density at radius 2 is 1.72 bits per heavy atom. The highest BCUT2D eigenvalue weighted by Crippen LogP contribution is 2.31. The number of carboxylic acid groups (broad SMARTS) is 1. The quantitative estimate of drug-likeness (QED) is 0.118. The molecule has 2 aromatic carbocycles. The van der Waals surface area contributed by atoms with Crippen LogP contribution in [-0.2, 0) is 13.6 Å². The highest BCUT2D eigenvalue weighted by Gasteiger charge is 2.21. The predicted octanol–water partition coefficient (Wildman–Crippen LogP) is 7.75. The Hall–Kier alpha value is -4.41. The lowest BCUT2D eigenvalue weighted by Crippen LogP contribution is -2.37. The number of pyridine rings is 1. The molecule has 0 aliphatic carbocycles. The zero-order valence-electron chi connectivity index (χ0n) is 27.5. The third kappa shape index (κ3) is 8.24. The van der Waals surface area contributed by atoms with Crippen molar-refractivity contribution in [3.8, 4) is 17.1 Å². The molecule has 0 saturated carbocycles. The van der Waals surface area contributed by atoms with Crippen molar-refractivity contribution < 1.29 is 14.6 Å². The number of hydrogen-bond acceptors (Lipinski definition) is 8. The van der Waals surface area contributed by atoms with E-state index in [9.17, 15) is 9.90 Å². The van der Waals surface area contributed by atoms with Gasteiger partial charge in [0.05, 0.1) is 17.0 Å². The van der Waals surface area contributed by atoms with E-state index >= 15 is 0 Å². The minimum absolute atomic E-state index is 0.0378. The molecule has 0 amide bonds. The molecular weight excluding hydrogens is 597 g/mol. The first-order chi connectivity index (χ1) is 21.9. The average molecular weight is 639 g/mol. The van der Waals surface area contributed by atoms with Gasteiger partial charge in [0.1, 0.15) is 12.3 Å². The van der Waals surface area contributed by atoms with Crippen LogP contribution in [-0.4, -0.2) is 43.2 Å². The molecule has 3 N–H and O–H groups in total. The van der Waals surface area contributed by atoms with Crippen LogP contribution in [0, 0.1) is 26.2 Å². The third-order valence-electron chi connectivity index (χ3n) is 7.72. The monoisotopic (exact) mass is 638 g/mol. The Bertz CT molecular complexity index is 1840. The topological polar surface area (TPSA) is 114 Å². The second-order valence-electron chi connectivity index (χ2n) is 13.0. The molecule has 3 aromatic heterocycles. The van der Waals surface area contributed by atoms with Gasteiger partial charge in [0.15, 0.2) is 0 Å². The highest BCUT2D eigenvalue weighted by atomic mass is 32.2. The smallest absolute Gasteiger partial charge is 0.335 e. The van der Waals surface area contributed by atoms with Crippen molar-refractivity contribution in [2.45, 2.75) is 65.4 Å². The second-order valence-corrected chi connectivity index (χ2v) is 13.8. The molecule has 10 heteroatoms. The zero-order chi connectivity index (χ0) is 33.0. The zero-order valence-corrected chi connectivity index (χ0v) is 28.3. The number of carbonyl (C=O) groups is 1. The summed E-state index contributed by atoms with van der Waals surface area (Å²) in [5, 5.41) is 14.3. The van der Waals surface area contributed by atoms with Crippen LogP contribution < -0.4 is 14.8 Å². The number of aryl methyl sites for hydroxylation is 4. The molecule has 3 heterocycles. The van der Waals surface area contributed by atoms with Gasteiger partial charge < -0.3 is 19.7 Å². The maximum atomic E-state index is 11.5. The average Bonchev–Trinajstić information content (AvgIpc) is 3.29. The number of fused-ring (bicyclic) bond motifs is 1. The minimum Gasteiger partial charge on any atom is -0.478 e. The largest absolute Gasteiger partial charge is 0.478 e. The van der Waals surface area contributed by atoms with Gasteiger partial charge in [-0.15, -0.1) is 0 Å². The standard InChI is InChI=1S/C36H42N6O3S/c1-22-10-8-11-23(2)32(22)30-17-31(40-35(39-30)41-46-28-13-9-12-25(16-28)34(43)44)45-21-27(18-36(4,5)6)37-19-26-14-15-29-24(3)20-42(7)33(29)38-26/h8-17,20,27,37H,18-19,21H2,1-7H3,(H,43,44)(H,39,40,41). The maximum absolute atomic E-state index is 11.5. The molecule has 46 heavy (non-hydrogen) atoms. The number of anilines is 1. The van der Waals surface area contributed by atoms with Crippen LogP contribution in [0.2, 0.25) is 0 Å². The summed E-state index contributed by atoms with van der Waals surface area (Å²) in [7, 11) is 2.03. The van der Waals surface area contributed by atoms with Crippen molar-refractivity contribution in [2.75, 3.05) is 11.3 Å². The number of ether oxygens (including phenoxy) is 1. The third-order valence-corrected chi connectivity index (χ3v) is 8.50. The first-order valence-electron chi connectivity index (χ1n) is 15.4. The summed E-state index contributed by atoms with van der Waals surface area (Å²) in [6.45, 7) is 13.9. The number of nitrogens with one attached hydrogen (secondary N) is 2. The Balaban J connectivity index is 1.38. The van der Waals surface area contributed by atoms with E-state index in [1.807, 2.05) is 25.2 Å². The second kappa shape index (κ2) is 13.9. The molecule has 1 atom stereocenters. The molecule has 9 nitrogen and oxygen atoms in total. The van der Waals surface area contributed by atoms with Gasteiger partial charge in [0.25, 0.3) is 0 Å². The molecule has 240 valence electrons. The van der Waals surface area contributed by atoms with Crippen LogP contribution >= 0.6 is 11.9 Å². The number of aromatic nitrogens is 4. The van der Waals surface area contributed by atoms with Gasteiger partial charge in [-0.25, -0.2) is 14.8 Å². The van der Waals surface area contributed by atoms with Crippen molar-refractivity contribution in [1.29, 1.82) is 0 Å². The van der Waals surface area contributed by atoms with Gasteiger partial charge in [-0.1, -0.05) is 45.0 Å². The molecule has 5 rings (SSSR count). The van der Waals surface area contributed by atoms with Crippen LogP contribution in [0.25, 0.3) is 22.3 Å². The van der Waals surface area contributed by atoms with Gasteiger partial charge in [0.2, 0.25) is 11.8 Å². The van der Waals surface area contributed by atoms with E-state index in [1.165, 1.54) is 22.9 Å². The Morgan fingerprint density at radius 1 is 0.978 bits per heavy atom. The maximum Gasteiger partial charge on any atom is 0.335 e. The number of benzene rings is 2. The number of nitrogens with zero attached hydrogens (tertiary/aromatic N) is 4. The van der Waals surface area contributed by atoms with Crippen LogP contribution in [0.1, 0.15) is 59.9 Å². The molecule has 0 radical (unpaired) electrons. The number of rotatable bonds is 12. The van der Waals surface area contributed by atoms with E-state index in [0.29, 0.717) is 25.0 Å². The summed E-state index contributed by atoms with van der Waals surface area (Å²) in [5.74, 6) is -0.151. The van der Waals surface area contributed by atoms with Crippen LogP contribution in [0.3, 0.4) is 0 Å². The van der Waals surface area contributed by atoms with E-state index in [-0.39, 0.29) is 17.0 Å². The normalized spacial score (nSPS) is 12.3. The number of carboxylic acids is 1. The summed E-state index contributed by atoms with van der Waals surface area (Å²) >= 11 is 1.25. The van der Waals surface area contributed by atoms with Gasteiger partial charge in [0, 0.05) is 47.7 Å². The Morgan fingerprint density at radius 3 is 2.43 bits per heavy atom. The van der Waals surface area contributed by atoms with E-state index < -0.39 is 5.97 Å². The van der Waals surface area contributed by atoms with Crippen molar-refractivity contribution in [1.82, 2.24) is 24.8 Å². The lowest BCUT2D eigenvalue weighted by atomic mass is 9.88. The number of hydrogen-bond donors (Lipinski definition) is 3. The molecule has 0 bridgehead atoms. The number of aromatic carboxylic acids is 1. The molecule has 5 aromatic rings. The van der Waals surface area contributed by atoms with Gasteiger partial charge in [-0.3, -0.25) is 4.72 Å². The van der Waals surface area contributed by atoms with Gasteiger partial charge >= 0.3 is 5.97 Å². The van der Waals surface area contributed by atoms with Crippen molar-refractivity contribution in [3.05, 3.63) is 94.8 Å². The fraction of sp³-hybridized carbons (Fsp3) is 0.333. The SMILES string of the molecule is Cc1cccc(C)c1-c1cc(OCC(CC(C)(C)C)NCc2ccc3c(C)cn(C)c3n2)nc(NSc2cccc(C(=O)O)c2)n1. The fourth-order valence-corrected chi connectivity index (χ4v) is 6.27. The molecular formula is C36H42N6O3S. The summed E-state index contributed by atoms with van der Waals surface area (Å²) in [4.78, 5) is 26.6. The van der Waals surface area contributed by atoms with Crippen molar-refractivity contribution >= 4 is 34.9 Å². The summed E-state index contributed by atoms with van der Waals surface area (Å²) in [6.07, 6.45) is 2.99. The first kappa shape index (κ1) is 33.0. The van der Waals surface area contributed by atoms with Gasteiger partial charge in [-0.05, 0) is 91.6 Å². The summed E-state index contributed by atoms with van der Waals surface area (Å²) in [5.41, 5.74) is 7.43. The van der Waals surface area contributed by atoms with E-state index in [1.54, 1.807) is 18.2 Å². The van der Waals surface area contributed by atoms with E-state index in [0.717, 1.165) is 45.0 Å². The molecule has 0 aliphatic rings. The van der Waals surface area contributed by atoms with Crippen molar-refractivity contribution in [2.24, 2.45) is 12.5 Å². The lowest BCUT2D eigenvalue weighted by molar-refractivity contribution is 0.0696. The van der Waals surface area contributed by atoms with Gasteiger partial charge in [-0.2, -0.15) is 4.98 Å². The molecule has 0 fully saturated rings. The molecule has 0 aliphatic heterocycles. The first-order valence-corrected chi connectivity index (χ1v) is 16.2. The molecule has 0 saturated heterocycles. The predicted molar refractivity (Wildman–Crippen MR) is 185 cm³/mol. The highest BCUT2D eigenvalue weighted by molar-refractivity contribution is 8.00. The lowest BCUT2D eigenvalue weighted by Gasteiger charge is -2.27. The van der Waals surface area contributed by atoms with E-state index in [4.69, 9.17) is 19.7 Å². The van der Waals surface area contributed by atoms with Crippen LogP contribution in [0.4, 0.5) is 5.95 Å². The summed E-state index contributed by atoms with van der Waals surface area (Å²) < 4.78 is 11.7. The minimum atomic E-state index is -0.976. The van der Waals surface area contributed by atoms with Crippen molar-refractivity contribution in [3.63, 3.8) is 0 Å². The van der Waals surface area contributed by atoms with E-state index in [2.05, 4.69) is 86.6 Å². The Kier molecular flexibility index (Phi) is 9.98. The molecule has 1 unspecified atom stereocenters.